The maximum Gasteiger partial charge on any atom is 0.513 e. The van der Waals surface area contributed by atoms with E-state index in [9.17, 15) is 14.4 Å². The fraction of sp³-hybridized carbons (Fsp3) is 0.118. The molecule has 0 aromatic heterocycles. The first-order valence-electron chi connectivity index (χ1n) is 6.73. The van der Waals surface area contributed by atoms with Crippen LogP contribution in [0.5, 0.6) is 5.75 Å². The molecule has 1 aliphatic rings. The summed E-state index contributed by atoms with van der Waals surface area (Å²) in [7, 11) is 1.15. The molecule has 0 bridgehead atoms. The number of rotatable bonds is 1. The number of fused-ring (bicyclic) bond motifs is 2. The van der Waals surface area contributed by atoms with Crippen LogP contribution in [0, 0.1) is 6.92 Å². The van der Waals surface area contributed by atoms with E-state index in [0.717, 1.165) is 7.11 Å². The van der Waals surface area contributed by atoms with Gasteiger partial charge in [0.2, 0.25) is 0 Å². The summed E-state index contributed by atoms with van der Waals surface area (Å²) in [5, 5.41) is 0.171. The maximum absolute atomic E-state index is 12.8. The summed E-state index contributed by atoms with van der Waals surface area (Å²) in [5.41, 5.74) is 1.08. The molecule has 0 aliphatic heterocycles. The quantitative estimate of drug-likeness (QED) is 0.504. The van der Waals surface area contributed by atoms with Crippen LogP contribution in [0.2, 0.25) is 5.02 Å². The summed E-state index contributed by atoms with van der Waals surface area (Å²) in [6, 6.07) is 7.89. The molecule has 6 heteroatoms. The molecule has 116 valence electrons. The van der Waals surface area contributed by atoms with Crippen LogP contribution in [-0.2, 0) is 4.74 Å². The second-order valence-electron chi connectivity index (χ2n) is 5.02. The molecule has 3 rings (SSSR count). The van der Waals surface area contributed by atoms with Crippen LogP contribution >= 0.6 is 11.6 Å². The lowest BCUT2D eigenvalue weighted by molar-refractivity contribution is 0.0970. The highest BCUT2D eigenvalue weighted by molar-refractivity contribution is 6.40. The van der Waals surface area contributed by atoms with Crippen LogP contribution in [0.15, 0.2) is 30.3 Å². The van der Waals surface area contributed by atoms with Crippen molar-refractivity contribution in [3.8, 4) is 5.75 Å². The first kappa shape index (κ1) is 15.2. The van der Waals surface area contributed by atoms with E-state index in [2.05, 4.69) is 4.74 Å². The van der Waals surface area contributed by atoms with Gasteiger partial charge in [-0.1, -0.05) is 35.9 Å². The highest BCUT2D eigenvalue weighted by atomic mass is 35.5. The number of carbonyl (C=O) groups is 3. The van der Waals surface area contributed by atoms with Gasteiger partial charge in [-0.05, 0) is 18.6 Å². The summed E-state index contributed by atoms with van der Waals surface area (Å²) in [6.07, 6.45) is -0.979. The average molecular weight is 331 g/mol. The maximum atomic E-state index is 12.8. The molecule has 0 radical (unpaired) electrons. The van der Waals surface area contributed by atoms with E-state index < -0.39 is 11.9 Å². The van der Waals surface area contributed by atoms with Crippen molar-refractivity contribution in [1.29, 1.82) is 0 Å². The highest BCUT2D eigenvalue weighted by Crippen LogP contribution is 2.39. The molecule has 2 aromatic carbocycles. The molecule has 1 aliphatic carbocycles. The lowest BCUT2D eigenvalue weighted by Gasteiger charge is -2.21. The minimum Gasteiger partial charge on any atom is -0.437 e. The Morgan fingerprint density at radius 2 is 1.61 bits per heavy atom. The van der Waals surface area contributed by atoms with Crippen LogP contribution in [-0.4, -0.2) is 24.8 Å². The fourth-order valence-corrected chi connectivity index (χ4v) is 2.80. The third-order valence-corrected chi connectivity index (χ3v) is 4.13. The molecule has 0 amide bonds. The monoisotopic (exact) mass is 330 g/mol. The number of ether oxygens (including phenoxy) is 2. The molecule has 2 aromatic rings. The molecular weight excluding hydrogens is 320 g/mol. The van der Waals surface area contributed by atoms with E-state index in [-0.39, 0.29) is 38.8 Å². The van der Waals surface area contributed by atoms with Crippen LogP contribution in [0.3, 0.4) is 0 Å². The predicted octanol–water partition coefficient (Wildman–Crippen LogP) is 3.57. The van der Waals surface area contributed by atoms with Gasteiger partial charge in [0.05, 0.1) is 23.3 Å². The van der Waals surface area contributed by atoms with Gasteiger partial charge in [0.1, 0.15) is 5.75 Å². The number of halogens is 1. The van der Waals surface area contributed by atoms with Crippen molar-refractivity contribution in [2.24, 2.45) is 0 Å². The predicted molar refractivity (Wildman–Crippen MR) is 82.5 cm³/mol. The summed E-state index contributed by atoms with van der Waals surface area (Å²) in [5.74, 6) is -0.837. The van der Waals surface area contributed by atoms with Crippen LogP contribution < -0.4 is 4.74 Å². The van der Waals surface area contributed by atoms with Crippen molar-refractivity contribution < 1.29 is 23.9 Å². The zero-order valence-corrected chi connectivity index (χ0v) is 13.1. The molecule has 23 heavy (non-hydrogen) atoms. The molecule has 5 nitrogen and oxygen atoms in total. The minimum atomic E-state index is -0.979. The van der Waals surface area contributed by atoms with E-state index in [4.69, 9.17) is 16.3 Å². The van der Waals surface area contributed by atoms with Gasteiger partial charge in [-0.15, -0.1) is 0 Å². The van der Waals surface area contributed by atoms with Gasteiger partial charge in [0.15, 0.2) is 11.6 Å². The molecule has 0 unspecified atom stereocenters. The third kappa shape index (κ3) is 2.29. The smallest absolute Gasteiger partial charge is 0.437 e. The van der Waals surface area contributed by atoms with Crippen molar-refractivity contribution in [2.45, 2.75) is 6.92 Å². The summed E-state index contributed by atoms with van der Waals surface area (Å²) < 4.78 is 9.50. The Kier molecular flexibility index (Phi) is 3.66. The first-order chi connectivity index (χ1) is 11.0. The van der Waals surface area contributed by atoms with E-state index in [1.54, 1.807) is 31.2 Å². The lowest BCUT2D eigenvalue weighted by Crippen LogP contribution is -2.23. The lowest BCUT2D eigenvalue weighted by atomic mass is 9.83. The normalized spacial score (nSPS) is 12.5. The second kappa shape index (κ2) is 5.52. The molecule has 0 saturated heterocycles. The highest BCUT2D eigenvalue weighted by Gasteiger charge is 2.35. The molecule has 0 saturated carbocycles. The Hall–Kier alpha value is -2.66. The van der Waals surface area contributed by atoms with Gasteiger partial charge < -0.3 is 9.47 Å². The van der Waals surface area contributed by atoms with E-state index in [1.807, 2.05) is 0 Å². The largest absolute Gasteiger partial charge is 0.513 e. The fourth-order valence-electron chi connectivity index (χ4n) is 2.56. The van der Waals surface area contributed by atoms with Gasteiger partial charge in [0.25, 0.3) is 0 Å². The number of hydrogen-bond donors (Lipinski definition) is 0. The summed E-state index contributed by atoms with van der Waals surface area (Å²) in [4.78, 5) is 36.9. The van der Waals surface area contributed by atoms with Crippen LogP contribution in [0.1, 0.15) is 37.4 Å². The van der Waals surface area contributed by atoms with E-state index in [0.29, 0.717) is 5.56 Å². The summed E-state index contributed by atoms with van der Waals surface area (Å²) >= 11 is 6.24. The molecule has 0 atom stereocenters. The number of aryl methyl sites for hydroxylation is 1. The number of carbonyl (C=O) groups excluding carboxylic acids is 3. The minimum absolute atomic E-state index is 0.0188. The topological polar surface area (TPSA) is 69.7 Å². The first-order valence-corrected chi connectivity index (χ1v) is 7.10. The van der Waals surface area contributed by atoms with Crippen LogP contribution in [0.4, 0.5) is 4.79 Å². The van der Waals surface area contributed by atoms with E-state index >= 15 is 0 Å². The van der Waals surface area contributed by atoms with Gasteiger partial charge in [-0.2, -0.15) is 0 Å². The standard InChI is InChI=1S/C17H11ClO5/c1-8-7-11(23-17(21)22-2)12-13(14(8)18)16(20)10-6-4-3-5-9(10)15(12)19/h3-7H,1-2H3. The Morgan fingerprint density at radius 3 is 2.17 bits per heavy atom. The Balaban J connectivity index is 2.30. The summed E-state index contributed by atoms with van der Waals surface area (Å²) in [6.45, 7) is 1.66. The Morgan fingerprint density at radius 1 is 1.04 bits per heavy atom. The van der Waals surface area contributed by atoms with Gasteiger partial charge in [-0.25, -0.2) is 4.79 Å². The number of methoxy groups -OCH3 is 1. The number of ketones is 2. The molecule has 0 fully saturated rings. The second-order valence-corrected chi connectivity index (χ2v) is 5.39. The van der Waals surface area contributed by atoms with Crippen molar-refractivity contribution in [3.05, 3.63) is 63.2 Å². The zero-order chi connectivity index (χ0) is 16.7. The van der Waals surface area contributed by atoms with Gasteiger partial charge in [-0.3, -0.25) is 9.59 Å². The molecular formula is C17H11ClO5. The van der Waals surface area contributed by atoms with Gasteiger partial charge in [0, 0.05) is 11.1 Å². The van der Waals surface area contributed by atoms with Crippen molar-refractivity contribution >= 4 is 29.3 Å². The van der Waals surface area contributed by atoms with Crippen molar-refractivity contribution in [1.82, 2.24) is 0 Å². The SMILES string of the molecule is COC(=O)Oc1cc(C)c(Cl)c2c1C(=O)c1ccccc1C2=O. The average Bonchev–Trinajstić information content (AvgIpc) is 2.55. The molecule has 0 N–H and O–H groups in total. The van der Waals surface area contributed by atoms with Crippen molar-refractivity contribution in [3.63, 3.8) is 0 Å². The Labute approximate surface area is 136 Å². The van der Waals surface area contributed by atoms with Crippen LogP contribution in [0.25, 0.3) is 0 Å². The molecule has 0 heterocycles. The van der Waals surface area contributed by atoms with Gasteiger partial charge >= 0.3 is 6.16 Å². The van der Waals surface area contributed by atoms with E-state index in [1.165, 1.54) is 6.07 Å². The molecule has 0 spiro atoms. The third-order valence-electron chi connectivity index (χ3n) is 3.64. The number of benzene rings is 2. The van der Waals surface area contributed by atoms with Crippen molar-refractivity contribution in [2.75, 3.05) is 7.11 Å². The zero-order valence-electron chi connectivity index (χ0n) is 12.3. The number of hydrogen-bond acceptors (Lipinski definition) is 5. The Bertz CT molecular complexity index is 870.